The van der Waals surface area contributed by atoms with Crippen LogP contribution < -0.4 is 0 Å². The second-order valence-corrected chi connectivity index (χ2v) is 8.21. The van der Waals surface area contributed by atoms with Gasteiger partial charge in [-0.1, -0.05) is 26.2 Å². The maximum Gasteiger partial charge on any atom is 0.249 e. The highest BCUT2D eigenvalue weighted by Gasteiger charge is 2.35. The Morgan fingerprint density at radius 3 is 2.52 bits per heavy atom. The van der Waals surface area contributed by atoms with Gasteiger partial charge in [-0.15, -0.1) is 0 Å². The molecule has 1 saturated heterocycles. The number of carbonyl (C=O) groups is 1. The van der Waals surface area contributed by atoms with E-state index in [-0.39, 0.29) is 5.91 Å². The molecule has 1 amide bonds. The van der Waals surface area contributed by atoms with Crippen LogP contribution in [0.5, 0.6) is 0 Å². The molecule has 2 aliphatic carbocycles. The van der Waals surface area contributed by atoms with E-state index in [1.165, 1.54) is 44.2 Å². The molecule has 1 unspecified atom stereocenters. The fraction of sp³-hybridized carbons (Fsp3) is 0.762. The number of nitrogens with zero attached hydrogens (tertiary/aromatic N) is 2. The molecule has 4 nitrogen and oxygen atoms in total. The SMILES string of the molecule is CC1CC(C(=O)N2CCCCC2)=CC2=C1N(C1CCCCC1)CCO2. The first-order chi connectivity index (χ1) is 12.2. The van der Waals surface area contributed by atoms with E-state index in [0.29, 0.717) is 12.0 Å². The molecule has 2 heterocycles. The van der Waals surface area contributed by atoms with Crippen molar-refractivity contribution in [3.8, 4) is 0 Å². The highest BCUT2D eigenvalue weighted by molar-refractivity contribution is 5.94. The molecule has 138 valence electrons. The van der Waals surface area contributed by atoms with Crippen LogP contribution in [0.2, 0.25) is 0 Å². The smallest absolute Gasteiger partial charge is 0.249 e. The molecule has 0 radical (unpaired) electrons. The standard InChI is InChI=1S/C21H32N2O2/c1-16-14-17(21(24)22-10-6-3-7-11-22)15-19-20(16)23(12-13-25-19)18-8-4-2-5-9-18/h15-16,18H,2-14H2,1H3. The molecule has 0 aromatic carbocycles. The van der Waals surface area contributed by atoms with Gasteiger partial charge < -0.3 is 14.5 Å². The topological polar surface area (TPSA) is 32.8 Å². The summed E-state index contributed by atoms with van der Waals surface area (Å²) in [4.78, 5) is 17.6. The monoisotopic (exact) mass is 344 g/mol. The molecule has 1 atom stereocenters. The van der Waals surface area contributed by atoms with Crippen molar-refractivity contribution in [2.75, 3.05) is 26.2 Å². The van der Waals surface area contributed by atoms with E-state index in [4.69, 9.17) is 4.74 Å². The lowest BCUT2D eigenvalue weighted by Crippen LogP contribution is -2.45. The van der Waals surface area contributed by atoms with Crippen molar-refractivity contribution in [3.05, 3.63) is 23.1 Å². The average Bonchev–Trinajstić information content (AvgIpc) is 2.68. The van der Waals surface area contributed by atoms with Crippen LogP contribution in [0, 0.1) is 5.92 Å². The van der Waals surface area contributed by atoms with Crippen molar-refractivity contribution in [1.82, 2.24) is 9.80 Å². The van der Waals surface area contributed by atoms with Gasteiger partial charge in [0.25, 0.3) is 0 Å². The van der Waals surface area contributed by atoms with Gasteiger partial charge in [-0.25, -0.2) is 0 Å². The van der Waals surface area contributed by atoms with Gasteiger partial charge >= 0.3 is 0 Å². The maximum atomic E-state index is 12.9. The van der Waals surface area contributed by atoms with Gasteiger partial charge in [0.15, 0.2) is 0 Å². The van der Waals surface area contributed by atoms with Crippen LogP contribution in [0.25, 0.3) is 0 Å². The Balaban J connectivity index is 1.56. The van der Waals surface area contributed by atoms with Gasteiger partial charge in [-0.05, 0) is 44.6 Å². The maximum absolute atomic E-state index is 12.9. The Kier molecular flexibility index (Phi) is 5.05. The van der Waals surface area contributed by atoms with Crippen molar-refractivity contribution >= 4 is 5.91 Å². The predicted molar refractivity (Wildman–Crippen MR) is 98.9 cm³/mol. The van der Waals surface area contributed by atoms with Crippen molar-refractivity contribution in [3.63, 3.8) is 0 Å². The summed E-state index contributed by atoms with van der Waals surface area (Å²) in [5, 5.41) is 0. The summed E-state index contributed by atoms with van der Waals surface area (Å²) in [7, 11) is 0. The largest absolute Gasteiger partial charge is 0.490 e. The number of rotatable bonds is 2. The summed E-state index contributed by atoms with van der Waals surface area (Å²) in [5.74, 6) is 1.61. The van der Waals surface area contributed by atoms with Crippen LogP contribution in [0.4, 0.5) is 0 Å². The molecule has 0 spiro atoms. The third-order valence-electron chi connectivity index (χ3n) is 6.38. The Bertz CT molecular complexity index is 568. The molecule has 25 heavy (non-hydrogen) atoms. The predicted octanol–water partition coefficient (Wildman–Crippen LogP) is 3.84. The van der Waals surface area contributed by atoms with E-state index < -0.39 is 0 Å². The van der Waals surface area contributed by atoms with E-state index >= 15 is 0 Å². The molecule has 0 bridgehead atoms. The molecule has 4 aliphatic rings. The van der Waals surface area contributed by atoms with Crippen LogP contribution in [0.15, 0.2) is 23.1 Å². The van der Waals surface area contributed by atoms with Gasteiger partial charge in [0, 0.05) is 30.6 Å². The summed E-state index contributed by atoms with van der Waals surface area (Å²) in [6.45, 7) is 5.88. The number of hydrogen-bond acceptors (Lipinski definition) is 3. The van der Waals surface area contributed by atoms with Gasteiger partial charge in [0.2, 0.25) is 5.91 Å². The second kappa shape index (κ2) is 7.43. The van der Waals surface area contributed by atoms with Crippen molar-refractivity contribution in [2.45, 2.75) is 70.8 Å². The zero-order valence-corrected chi connectivity index (χ0v) is 15.6. The molecular formula is C21H32N2O2. The molecular weight excluding hydrogens is 312 g/mol. The first-order valence-corrected chi connectivity index (χ1v) is 10.4. The van der Waals surface area contributed by atoms with Crippen LogP contribution in [0.3, 0.4) is 0 Å². The van der Waals surface area contributed by atoms with Crippen molar-refractivity contribution in [1.29, 1.82) is 0 Å². The van der Waals surface area contributed by atoms with Crippen LogP contribution in [0.1, 0.15) is 64.7 Å². The number of allylic oxidation sites excluding steroid dienone is 2. The number of ether oxygens (including phenoxy) is 1. The van der Waals surface area contributed by atoms with E-state index in [9.17, 15) is 4.79 Å². The number of amides is 1. The summed E-state index contributed by atoms with van der Waals surface area (Å²) in [6, 6.07) is 0.679. The van der Waals surface area contributed by atoms with Crippen LogP contribution in [-0.4, -0.2) is 48.0 Å². The first-order valence-electron chi connectivity index (χ1n) is 10.4. The third-order valence-corrected chi connectivity index (χ3v) is 6.38. The Hall–Kier alpha value is -1.45. The van der Waals surface area contributed by atoms with Crippen LogP contribution >= 0.6 is 0 Å². The normalized spacial score (nSPS) is 28.4. The van der Waals surface area contributed by atoms with Gasteiger partial charge in [0.05, 0.1) is 12.2 Å². The minimum Gasteiger partial charge on any atom is -0.490 e. The van der Waals surface area contributed by atoms with E-state index in [0.717, 1.165) is 56.8 Å². The summed E-state index contributed by atoms with van der Waals surface area (Å²) >= 11 is 0. The molecule has 0 aromatic rings. The molecule has 1 saturated carbocycles. The molecule has 4 rings (SSSR count). The van der Waals surface area contributed by atoms with E-state index in [1.807, 2.05) is 0 Å². The summed E-state index contributed by atoms with van der Waals surface area (Å²) in [5.41, 5.74) is 2.33. The van der Waals surface area contributed by atoms with Gasteiger partial charge in [0.1, 0.15) is 12.4 Å². The number of hydrogen-bond donors (Lipinski definition) is 0. The van der Waals surface area contributed by atoms with Crippen LogP contribution in [-0.2, 0) is 9.53 Å². The summed E-state index contributed by atoms with van der Waals surface area (Å²) < 4.78 is 6.03. The minimum absolute atomic E-state index is 0.247. The highest BCUT2D eigenvalue weighted by Crippen LogP contribution is 2.38. The van der Waals surface area contributed by atoms with Crippen molar-refractivity contribution < 1.29 is 9.53 Å². The zero-order valence-electron chi connectivity index (χ0n) is 15.6. The molecule has 0 N–H and O–H groups in total. The highest BCUT2D eigenvalue weighted by atomic mass is 16.5. The lowest BCUT2D eigenvalue weighted by molar-refractivity contribution is -0.128. The molecule has 2 aliphatic heterocycles. The minimum atomic E-state index is 0.247. The van der Waals surface area contributed by atoms with Crippen molar-refractivity contribution in [2.24, 2.45) is 5.92 Å². The molecule has 2 fully saturated rings. The Labute approximate surface area is 151 Å². The number of likely N-dealkylation sites (tertiary alicyclic amines) is 1. The zero-order chi connectivity index (χ0) is 17.2. The Morgan fingerprint density at radius 2 is 1.76 bits per heavy atom. The first kappa shape index (κ1) is 17.0. The second-order valence-electron chi connectivity index (χ2n) is 8.21. The quantitative estimate of drug-likeness (QED) is 0.763. The number of carbonyl (C=O) groups excluding carboxylic acids is 1. The lowest BCUT2D eigenvalue weighted by Gasteiger charge is -2.44. The average molecular weight is 344 g/mol. The number of piperidine rings is 1. The van der Waals surface area contributed by atoms with Gasteiger partial charge in [-0.3, -0.25) is 4.79 Å². The van der Waals surface area contributed by atoms with Gasteiger partial charge in [-0.2, -0.15) is 0 Å². The fourth-order valence-corrected chi connectivity index (χ4v) is 5.10. The van der Waals surface area contributed by atoms with E-state index in [1.54, 1.807) is 0 Å². The lowest BCUT2D eigenvalue weighted by atomic mass is 9.86. The fourth-order valence-electron chi connectivity index (χ4n) is 5.10. The molecule has 0 aromatic heterocycles. The Morgan fingerprint density at radius 1 is 1.04 bits per heavy atom. The summed E-state index contributed by atoms with van der Waals surface area (Å²) in [6.07, 6.45) is 13.2. The third kappa shape index (κ3) is 3.45. The van der Waals surface area contributed by atoms with E-state index in [2.05, 4.69) is 22.8 Å². The molecule has 4 heteroatoms.